The van der Waals surface area contributed by atoms with Gasteiger partial charge in [0.25, 0.3) is 0 Å². The van der Waals surface area contributed by atoms with Crippen LogP contribution in [-0.2, 0) is 0 Å². The molecule has 0 aromatic heterocycles. The van der Waals surface area contributed by atoms with Crippen molar-refractivity contribution < 1.29 is 0 Å². The molecule has 0 spiro atoms. The van der Waals surface area contributed by atoms with E-state index in [4.69, 9.17) is 5.73 Å². The van der Waals surface area contributed by atoms with Crippen LogP contribution in [0.1, 0.15) is 25.7 Å². The molecule has 3 nitrogen and oxygen atoms in total. The van der Waals surface area contributed by atoms with Crippen LogP contribution in [0.25, 0.3) is 0 Å². The van der Waals surface area contributed by atoms with E-state index in [1.807, 2.05) is 6.34 Å². The van der Waals surface area contributed by atoms with E-state index in [1.165, 1.54) is 25.7 Å². The van der Waals surface area contributed by atoms with Crippen molar-refractivity contribution in [2.45, 2.75) is 37.8 Å². The van der Waals surface area contributed by atoms with Gasteiger partial charge in [0.2, 0.25) is 0 Å². The van der Waals surface area contributed by atoms with Crippen LogP contribution in [0.3, 0.4) is 0 Å². The van der Waals surface area contributed by atoms with E-state index >= 15 is 0 Å². The molecule has 1 aliphatic carbocycles. The van der Waals surface area contributed by atoms with Gasteiger partial charge in [0, 0.05) is 6.04 Å². The molecule has 3 N–H and O–H groups in total. The largest absolute Gasteiger partial charge is 0.372 e. The van der Waals surface area contributed by atoms with Gasteiger partial charge < -0.3 is 11.1 Å². The minimum absolute atomic E-state index is 0.569. The molecule has 1 saturated carbocycles. The number of rotatable bonds is 2. The summed E-state index contributed by atoms with van der Waals surface area (Å²) in [4.78, 5) is 4.38. The second-order valence-corrected chi connectivity index (χ2v) is 3.88. The SMILES string of the molecule is NCCC1CCC2N=CNC2C1. The zero-order valence-corrected chi connectivity index (χ0v) is 7.37. The maximum atomic E-state index is 5.54. The first-order chi connectivity index (χ1) is 5.90. The molecule has 2 aliphatic rings. The molecule has 1 heterocycles. The summed E-state index contributed by atoms with van der Waals surface area (Å²) in [6.07, 6.45) is 6.89. The fourth-order valence-corrected chi connectivity index (χ4v) is 2.33. The summed E-state index contributed by atoms with van der Waals surface area (Å²) in [5, 5.41) is 3.31. The van der Waals surface area contributed by atoms with E-state index in [-0.39, 0.29) is 0 Å². The topological polar surface area (TPSA) is 50.4 Å². The highest BCUT2D eigenvalue weighted by Gasteiger charge is 2.31. The predicted molar refractivity (Wildman–Crippen MR) is 50.2 cm³/mol. The monoisotopic (exact) mass is 167 g/mol. The zero-order valence-electron chi connectivity index (χ0n) is 7.37. The number of aliphatic imine (C=N–C) groups is 1. The lowest BCUT2D eigenvalue weighted by molar-refractivity contribution is 0.279. The molecule has 0 amide bonds. The molecule has 0 aromatic carbocycles. The Morgan fingerprint density at radius 3 is 3.25 bits per heavy atom. The van der Waals surface area contributed by atoms with Crippen LogP contribution in [0.4, 0.5) is 0 Å². The van der Waals surface area contributed by atoms with Crippen molar-refractivity contribution in [2.24, 2.45) is 16.6 Å². The molecular formula is C9H17N3. The molecule has 1 aliphatic heterocycles. The van der Waals surface area contributed by atoms with Crippen molar-refractivity contribution in [3.05, 3.63) is 0 Å². The molecule has 0 saturated heterocycles. The van der Waals surface area contributed by atoms with Gasteiger partial charge in [0.1, 0.15) is 0 Å². The fourth-order valence-electron chi connectivity index (χ4n) is 2.33. The molecule has 3 heteroatoms. The quantitative estimate of drug-likeness (QED) is 0.629. The molecule has 12 heavy (non-hydrogen) atoms. The maximum Gasteiger partial charge on any atom is 0.0831 e. The Balaban J connectivity index is 1.86. The summed E-state index contributed by atoms with van der Waals surface area (Å²) in [7, 11) is 0. The van der Waals surface area contributed by atoms with E-state index in [9.17, 15) is 0 Å². The highest BCUT2D eigenvalue weighted by atomic mass is 15.1. The van der Waals surface area contributed by atoms with Gasteiger partial charge in [-0.05, 0) is 38.1 Å². The second-order valence-electron chi connectivity index (χ2n) is 3.88. The Morgan fingerprint density at radius 2 is 2.42 bits per heavy atom. The van der Waals surface area contributed by atoms with Crippen LogP contribution in [0.15, 0.2) is 4.99 Å². The Morgan fingerprint density at radius 1 is 1.50 bits per heavy atom. The number of hydrogen-bond donors (Lipinski definition) is 2. The van der Waals surface area contributed by atoms with Crippen molar-refractivity contribution in [3.8, 4) is 0 Å². The lowest BCUT2D eigenvalue weighted by Crippen LogP contribution is -2.38. The Bertz CT molecular complexity index is 179. The van der Waals surface area contributed by atoms with E-state index < -0.39 is 0 Å². The van der Waals surface area contributed by atoms with Crippen LogP contribution in [-0.4, -0.2) is 25.0 Å². The number of fused-ring (bicyclic) bond motifs is 1. The van der Waals surface area contributed by atoms with Crippen LogP contribution < -0.4 is 11.1 Å². The first-order valence-electron chi connectivity index (χ1n) is 4.88. The molecule has 3 unspecified atom stereocenters. The molecule has 3 atom stereocenters. The van der Waals surface area contributed by atoms with Crippen LogP contribution in [0.2, 0.25) is 0 Å². The third-order valence-corrected chi connectivity index (χ3v) is 3.05. The minimum atomic E-state index is 0.569. The van der Waals surface area contributed by atoms with Gasteiger partial charge in [-0.2, -0.15) is 0 Å². The summed E-state index contributed by atoms with van der Waals surface area (Å²) < 4.78 is 0. The number of hydrogen-bond acceptors (Lipinski definition) is 3. The van der Waals surface area contributed by atoms with Gasteiger partial charge in [0.15, 0.2) is 0 Å². The first-order valence-corrected chi connectivity index (χ1v) is 4.88. The molecule has 68 valence electrons. The van der Waals surface area contributed by atoms with Gasteiger partial charge >= 0.3 is 0 Å². The third kappa shape index (κ3) is 1.46. The van der Waals surface area contributed by atoms with E-state index in [2.05, 4.69) is 10.3 Å². The maximum absolute atomic E-state index is 5.54. The number of nitrogens with zero attached hydrogens (tertiary/aromatic N) is 1. The summed E-state index contributed by atoms with van der Waals surface area (Å²) in [6, 6.07) is 1.19. The summed E-state index contributed by atoms with van der Waals surface area (Å²) in [5.74, 6) is 0.838. The molecular weight excluding hydrogens is 150 g/mol. The van der Waals surface area contributed by atoms with Crippen molar-refractivity contribution in [1.82, 2.24) is 5.32 Å². The second kappa shape index (κ2) is 3.44. The number of nitrogens with two attached hydrogens (primary N) is 1. The average Bonchev–Trinajstić information content (AvgIpc) is 2.51. The average molecular weight is 167 g/mol. The van der Waals surface area contributed by atoms with Gasteiger partial charge in [0.05, 0.1) is 12.4 Å². The number of nitrogens with one attached hydrogen (secondary N) is 1. The van der Waals surface area contributed by atoms with Crippen LogP contribution >= 0.6 is 0 Å². The third-order valence-electron chi connectivity index (χ3n) is 3.05. The van der Waals surface area contributed by atoms with Crippen molar-refractivity contribution in [1.29, 1.82) is 0 Å². The first kappa shape index (κ1) is 8.05. The Kier molecular flexibility index (Phi) is 2.30. The van der Waals surface area contributed by atoms with Gasteiger partial charge in [-0.15, -0.1) is 0 Å². The standard InChI is InChI=1S/C9H17N3/c10-4-3-7-1-2-8-9(5-7)12-6-11-8/h6-9H,1-5,10H2,(H,11,12). The normalized spacial score (nSPS) is 39.2. The van der Waals surface area contributed by atoms with E-state index in [0.717, 1.165) is 12.5 Å². The van der Waals surface area contributed by atoms with Crippen molar-refractivity contribution in [3.63, 3.8) is 0 Å². The fraction of sp³-hybridized carbons (Fsp3) is 0.889. The van der Waals surface area contributed by atoms with E-state index in [1.54, 1.807) is 0 Å². The lowest BCUT2D eigenvalue weighted by atomic mass is 9.81. The zero-order chi connectivity index (χ0) is 8.39. The highest BCUT2D eigenvalue weighted by molar-refractivity contribution is 5.58. The van der Waals surface area contributed by atoms with Gasteiger partial charge in [-0.1, -0.05) is 0 Å². The summed E-state index contributed by atoms with van der Waals surface area (Å²) in [6.45, 7) is 0.836. The molecule has 0 radical (unpaired) electrons. The molecule has 1 fully saturated rings. The van der Waals surface area contributed by atoms with Gasteiger partial charge in [-0.3, -0.25) is 4.99 Å². The summed E-state index contributed by atoms with van der Waals surface area (Å²) >= 11 is 0. The highest BCUT2D eigenvalue weighted by Crippen LogP contribution is 2.29. The van der Waals surface area contributed by atoms with E-state index in [0.29, 0.717) is 12.1 Å². The van der Waals surface area contributed by atoms with Gasteiger partial charge in [-0.25, -0.2) is 0 Å². The minimum Gasteiger partial charge on any atom is -0.372 e. The lowest BCUT2D eigenvalue weighted by Gasteiger charge is -2.30. The predicted octanol–water partition coefficient (Wildman–Crippen LogP) is 0.504. The molecule has 2 rings (SSSR count). The van der Waals surface area contributed by atoms with Crippen molar-refractivity contribution in [2.75, 3.05) is 6.54 Å². The van der Waals surface area contributed by atoms with Crippen LogP contribution in [0, 0.1) is 5.92 Å². The Hall–Kier alpha value is -0.570. The van der Waals surface area contributed by atoms with Crippen molar-refractivity contribution >= 4 is 6.34 Å². The van der Waals surface area contributed by atoms with Crippen LogP contribution in [0.5, 0.6) is 0 Å². The summed E-state index contributed by atoms with van der Waals surface area (Å²) in [5.41, 5.74) is 5.54. The molecule has 0 bridgehead atoms. The molecule has 0 aromatic rings. The smallest absolute Gasteiger partial charge is 0.0831 e. The Labute approximate surface area is 73.4 Å².